The third-order valence-electron chi connectivity index (χ3n) is 5.87. The summed E-state index contributed by atoms with van der Waals surface area (Å²) in [7, 11) is 0. The summed E-state index contributed by atoms with van der Waals surface area (Å²) >= 11 is 0. The lowest BCUT2D eigenvalue weighted by Crippen LogP contribution is -2.33. The first kappa shape index (κ1) is 22.5. The monoisotopic (exact) mass is 437 g/mol. The second-order valence-corrected chi connectivity index (χ2v) is 8.64. The number of aromatic nitrogens is 2. The van der Waals surface area contributed by atoms with E-state index in [1.54, 1.807) is 0 Å². The number of carbonyl (C=O) groups is 1. The highest BCUT2D eigenvalue weighted by Crippen LogP contribution is 2.25. The lowest BCUT2D eigenvalue weighted by molar-refractivity contribution is -0.121. The van der Waals surface area contributed by atoms with Crippen molar-refractivity contribution in [3.05, 3.63) is 108 Å². The van der Waals surface area contributed by atoms with Gasteiger partial charge in [0.05, 0.1) is 11.4 Å². The Morgan fingerprint density at radius 1 is 0.909 bits per heavy atom. The molecule has 4 heteroatoms. The number of carbonyl (C=O) groups excluding carboxylic acids is 1. The third-order valence-corrected chi connectivity index (χ3v) is 5.87. The van der Waals surface area contributed by atoms with Gasteiger partial charge >= 0.3 is 0 Å². The second kappa shape index (κ2) is 10.8. The molecule has 0 fully saturated rings. The molecule has 0 saturated carbocycles. The van der Waals surface area contributed by atoms with Crippen LogP contribution in [0, 0.1) is 6.92 Å². The zero-order valence-electron chi connectivity index (χ0n) is 19.4. The molecule has 4 nitrogen and oxygen atoms in total. The number of para-hydroxylation sites is 1. The molecule has 0 aliphatic carbocycles. The van der Waals surface area contributed by atoms with Gasteiger partial charge in [0.15, 0.2) is 0 Å². The van der Waals surface area contributed by atoms with Gasteiger partial charge < -0.3 is 5.32 Å². The first-order valence-electron chi connectivity index (χ1n) is 11.6. The average molecular weight is 438 g/mol. The smallest absolute Gasteiger partial charge is 0.220 e. The number of amides is 1. The van der Waals surface area contributed by atoms with Gasteiger partial charge in [0.1, 0.15) is 0 Å². The predicted molar refractivity (Wildman–Crippen MR) is 134 cm³/mol. The SMILES string of the molecule is Cc1ccc(-c2nn(-c3ccccc3)cc2CCC(=O)N[C@@H](C)CCc2ccccc2)cc1. The van der Waals surface area contributed by atoms with E-state index in [0.29, 0.717) is 12.8 Å². The van der Waals surface area contributed by atoms with Crippen LogP contribution in [0.4, 0.5) is 0 Å². The van der Waals surface area contributed by atoms with Crippen molar-refractivity contribution in [1.82, 2.24) is 15.1 Å². The van der Waals surface area contributed by atoms with Gasteiger partial charge in [-0.25, -0.2) is 4.68 Å². The van der Waals surface area contributed by atoms with E-state index in [0.717, 1.165) is 35.3 Å². The molecule has 0 aliphatic rings. The molecule has 4 aromatic rings. The topological polar surface area (TPSA) is 46.9 Å². The minimum absolute atomic E-state index is 0.0814. The van der Waals surface area contributed by atoms with Crippen LogP contribution in [0.25, 0.3) is 16.9 Å². The van der Waals surface area contributed by atoms with E-state index in [9.17, 15) is 4.79 Å². The first-order valence-corrected chi connectivity index (χ1v) is 11.6. The van der Waals surface area contributed by atoms with Gasteiger partial charge in [0, 0.05) is 24.2 Å². The van der Waals surface area contributed by atoms with E-state index in [1.165, 1.54) is 11.1 Å². The van der Waals surface area contributed by atoms with Gasteiger partial charge in [-0.15, -0.1) is 0 Å². The second-order valence-electron chi connectivity index (χ2n) is 8.64. The molecule has 1 amide bonds. The molecule has 0 unspecified atom stereocenters. The fourth-order valence-electron chi connectivity index (χ4n) is 3.96. The molecule has 1 heterocycles. The molecule has 3 aromatic carbocycles. The average Bonchev–Trinajstić information content (AvgIpc) is 3.27. The van der Waals surface area contributed by atoms with E-state index in [2.05, 4.69) is 73.9 Å². The Kier molecular flexibility index (Phi) is 7.36. The number of benzene rings is 3. The van der Waals surface area contributed by atoms with E-state index in [1.807, 2.05) is 41.1 Å². The minimum Gasteiger partial charge on any atom is -0.354 e. The normalized spacial score (nSPS) is 11.8. The summed E-state index contributed by atoms with van der Waals surface area (Å²) < 4.78 is 1.91. The van der Waals surface area contributed by atoms with Crippen LogP contribution in [-0.2, 0) is 17.6 Å². The summed E-state index contributed by atoms with van der Waals surface area (Å²) in [6.07, 6.45) is 5.03. The summed E-state index contributed by atoms with van der Waals surface area (Å²) in [5, 5.41) is 8.03. The van der Waals surface area contributed by atoms with Crippen LogP contribution in [0.5, 0.6) is 0 Å². The lowest BCUT2D eigenvalue weighted by atomic mass is 10.0. The molecule has 4 rings (SSSR count). The Balaban J connectivity index is 1.42. The maximum absolute atomic E-state index is 12.7. The predicted octanol–water partition coefficient (Wildman–Crippen LogP) is 5.92. The van der Waals surface area contributed by atoms with Crippen molar-refractivity contribution in [2.45, 2.75) is 45.6 Å². The van der Waals surface area contributed by atoms with Crippen molar-refractivity contribution in [3.63, 3.8) is 0 Å². The zero-order chi connectivity index (χ0) is 23.0. The van der Waals surface area contributed by atoms with E-state index in [-0.39, 0.29) is 11.9 Å². The largest absolute Gasteiger partial charge is 0.354 e. The molecule has 0 bridgehead atoms. The summed E-state index contributed by atoms with van der Waals surface area (Å²) in [5.41, 5.74) is 6.61. The van der Waals surface area contributed by atoms with Crippen LogP contribution in [0.3, 0.4) is 0 Å². The van der Waals surface area contributed by atoms with Crippen molar-refractivity contribution < 1.29 is 4.79 Å². The van der Waals surface area contributed by atoms with Crippen molar-refractivity contribution >= 4 is 5.91 Å². The number of nitrogens with zero attached hydrogens (tertiary/aromatic N) is 2. The Morgan fingerprint density at radius 3 is 2.27 bits per heavy atom. The summed E-state index contributed by atoms with van der Waals surface area (Å²) in [5.74, 6) is 0.0814. The molecule has 0 spiro atoms. The van der Waals surface area contributed by atoms with Crippen molar-refractivity contribution in [1.29, 1.82) is 0 Å². The fourth-order valence-corrected chi connectivity index (χ4v) is 3.96. The van der Waals surface area contributed by atoms with Crippen molar-refractivity contribution in [2.75, 3.05) is 0 Å². The highest BCUT2D eigenvalue weighted by Gasteiger charge is 2.15. The Hall–Kier alpha value is -3.66. The van der Waals surface area contributed by atoms with E-state index in [4.69, 9.17) is 5.10 Å². The van der Waals surface area contributed by atoms with Crippen molar-refractivity contribution in [2.24, 2.45) is 0 Å². The van der Waals surface area contributed by atoms with Gasteiger partial charge in [-0.3, -0.25) is 4.79 Å². The van der Waals surface area contributed by atoms with Gasteiger partial charge in [-0.05, 0) is 56.4 Å². The molecule has 0 saturated heterocycles. The standard InChI is InChI=1S/C29H31N3O/c1-22-13-17-25(18-14-22)29-26(21-32(31-29)27-11-7-4-8-12-27)19-20-28(33)30-23(2)15-16-24-9-5-3-6-10-24/h3-14,17-18,21,23H,15-16,19-20H2,1-2H3,(H,30,33)/t23-/m0/s1. The molecule has 1 aromatic heterocycles. The summed E-state index contributed by atoms with van der Waals surface area (Å²) in [6, 6.07) is 29.0. The quantitative estimate of drug-likeness (QED) is 0.353. The van der Waals surface area contributed by atoms with Gasteiger partial charge in [-0.2, -0.15) is 5.10 Å². The maximum Gasteiger partial charge on any atom is 0.220 e. The maximum atomic E-state index is 12.7. The minimum atomic E-state index is 0.0814. The molecular weight excluding hydrogens is 406 g/mol. The Morgan fingerprint density at radius 2 is 1.58 bits per heavy atom. The fraction of sp³-hybridized carbons (Fsp3) is 0.241. The number of hydrogen-bond donors (Lipinski definition) is 1. The first-order chi connectivity index (χ1) is 16.1. The van der Waals surface area contributed by atoms with Gasteiger partial charge in [-0.1, -0.05) is 78.4 Å². The van der Waals surface area contributed by atoms with Crippen LogP contribution < -0.4 is 5.32 Å². The van der Waals surface area contributed by atoms with Crippen LogP contribution >= 0.6 is 0 Å². The van der Waals surface area contributed by atoms with E-state index >= 15 is 0 Å². The van der Waals surface area contributed by atoms with E-state index < -0.39 is 0 Å². The molecular formula is C29H31N3O. The number of nitrogens with one attached hydrogen (secondary N) is 1. The van der Waals surface area contributed by atoms with Crippen LogP contribution in [0.15, 0.2) is 91.1 Å². The summed E-state index contributed by atoms with van der Waals surface area (Å²) in [4.78, 5) is 12.7. The summed E-state index contributed by atoms with van der Waals surface area (Å²) in [6.45, 7) is 4.16. The number of aryl methyl sites for hydroxylation is 3. The zero-order valence-corrected chi connectivity index (χ0v) is 19.4. The van der Waals surface area contributed by atoms with Gasteiger partial charge in [0.25, 0.3) is 0 Å². The highest BCUT2D eigenvalue weighted by atomic mass is 16.1. The molecule has 1 atom stereocenters. The Bertz CT molecular complexity index is 1160. The van der Waals surface area contributed by atoms with Crippen molar-refractivity contribution in [3.8, 4) is 16.9 Å². The number of rotatable bonds is 9. The molecule has 1 N–H and O–H groups in total. The molecule has 0 aliphatic heterocycles. The van der Waals surface area contributed by atoms with Crippen LogP contribution in [-0.4, -0.2) is 21.7 Å². The highest BCUT2D eigenvalue weighted by molar-refractivity contribution is 5.77. The number of hydrogen-bond acceptors (Lipinski definition) is 2. The lowest BCUT2D eigenvalue weighted by Gasteiger charge is -2.14. The third kappa shape index (κ3) is 6.19. The Labute approximate surface area is 196 Å². The molecule has 168 valence electrons. The molecule has 0 radical (unpaired) electrons. The van der Waals surface area contributed by atoms with Crippen LogP contribution in [0.1, 0.15) is 36.5 Å². The van der Waals surface area contributed by atoms with Crippen LogP contribution in [0.2, 0.25) is 0 Å². The molecule has 33 heavy (non-hydrogen) atoms. The van der Waals surface area contributed by atoms with Gasteiger partial charge in [0.2, 0.25) is 5.91 Å².